The molecule has 1 aliphatic heterocycles. The molecule has 1 aromatic carbocycles. The molecule has 21 heavy (non-hydrogen) atoms. The van der Waals surface area contributed by atoms with Crippen molar-refractivity contribution in [1.82, 2.24) is 10.9 Å². The van der Waals surface area contributed by atoms with Gasteiger partial charge in [-0.3, -0.25) is 4.99 Å². The number of benzene rings is 1. The summed E-state index contributed by atoms with van der Waals surface area (Å²) in [5, 5.41) is 1.08. The number of amidine groups is 1. The van der Waals surface area contributed by atoms with Gasteiger partial charge in [0.1, 0.15) is 18.2 Å². The van der Waals surface area contributed by atoms with E-state index in [2.05, 4.69) is 22.4 Å². The van der Waals surface area contributed by atoms with Crippen LogP contribution in [0.25, 0.3) is 0 Å². The van der Waals surface area contributed by atoms with Crippen molar-refractivity contribution in [3.63, 3.8) is 0 Å². The Morgan fingerprint density at radius 3 is 3.00 bits per heavy atom. The highest BCUT2D eigenvalue weighted by Crippen LogP contribution is 2.41. The third-order valence-corrected chi connectivity index (χ3v) is 4.03. The highest BCUT2D eigenvalue weighted by molar-refractivity contribution is 6.42. The predicted molar refractivity (Wildman–Crippen MR) is 88.6 cm³/mol. The summed E-state index contributed by atoms with van der Waals surface area (Å²) in [6.45, 7) is 7.61. The molecule has 0 spiro atoms. The number of hydrogen-bond acceptors (Lipinski definition) is 4. The van der Waals surface area contributed by atoms with Gasteiger partial charge < -0.3 is 10.2 Å². The van der Waals surface area contributed by atoms with E-state index < -0.39 is 0 Å². The lowest BCUT2D eigenvalue weighted by Gasteiger charge is -2.18. The van der Waals surface area contributed by atoms with E-state index in [0.717, 1.165) is 30.1 Å². The SMILES string of the molecule is C=CCOc1ccc(Cl)c(Cl)c1C1CN=C(NNCC)C1. The van der Waals surface area contributed by atoms with E-state index in [-0.39, 0.29) is 5.92 Å². The van der Waals surface area contributed by atoms with Crippen LogP contribution in [-0.2, 0) is 0 Å². The minimum absolute atomic E-state index is 0.164. The Balaban J connectivity index is 2.19. The molecule has 0 aliphatic carbocycles. The second-order valence-corrected chi connectivity index (χ2v) is 5.50. The van der Waals surface area contributed by atoms with Crippen molar-refractivity contribution in [2.24, 2.45) is 4.99 Å². The summed E-state index contributed by atoms with van der Waals surface area (Å²) >= 11 is 12.5. The number of nitrogens with zero attached hydrogens (tertiary/aromatic N) is 1. The van der Waals surface area contributed by atoms with E-state index in [9.17, 15) is 0 Å². The van der Waals surface area contributed by atoms with E-state index in [1.807, 2.05) is 13.0 Å². The molecule has 2 rings (SSSR count). The van der Waals surface area contributed by atoms with Crippen LogP contribution in [0.3, 0.4) is 0 Å². The van der Waals surface area contributed by atoms with Crippen molar-refractivity contribution in [3.05, 3.63) is 40.4 Å². The van der Waals surface area contributed by atoms with E-state index in [0.29, 0.717) is 23.2 Å². The molecule has 1 unspecified atom stereocenters. The van der Waals surface area contributed by atoms with Gasteiger partial charge in [0.15, 0.2) is 0 Å². The average molecular weight is 328 g/mol. The third-order valence-electron chi connectivity index (χ3n) is 3.21. The summed E-state index contributed by atoms with van der Waals surface area (Å²) in [5.74, 6) is 1.83. The van der Waals surface area contributed by atoms with Gasteiger partial charge in [0.05, 0.1) is 10.0 Å². The molecule has 2 N–H and O–H groups in total. The van der Waals surface area contributed by atoms with Gasteiger partial charge >= 0.3 is 0 Å². The molecule has 0 saturated heterocycles. The highest BCUT2D eigenvalue weighted by Gasteiger charge is 2.26. The van der Waals surface area contributed by atoms with Gasteiger partial charge in [-0.05, 0) is 12.1 Å². The topological polar surface area (TPSA) is 45.6 Å². The van der Waals surface area contributed by atoms with Gasteiger partial charge in [-0.2, -0.15) is 0 Å². The third kappa shape index (κ3) is 3.90. The minimum atomic E-state index is 0.164. The Morgan fingerprint density at radius 1 is 1.48 bits per heavy atom. The number of hydrazine groups is 1. The van der Waals surface area contributed by atoms with E-state index in [1.54, 1.807) is 12.1 Å². The maximum absolute atomic E-state index is 6.38. The second-order valence-electron chi connectivity index (χ2n) is 4.72. The van der Waals surface area contributed by atoms with Gasteiger partial charge in [-0.15, -0.1) is 0 Å². The van der Waals surface area contributed by atoms with Crippen LogP contribution in [0.1, 0.15) is 24.8 Å². The van der Waals surface area contributed by atoms with Crippen LogP contribution in [-0.4, -0.2) is 25.5 Å². The first-order valence-electron chi connectivity index (χ1n) is 6.91. The number of hydrogen-bond donors (Lipinski definition) is 2. The molecule has 6 heteroatoms. The monoisotopic (exact) mass is 327 g/mol. The van der Waals surface area contributed by atoms with Crippen molar-refractivity contribution in [2.75, 3.05) is 19.7 Å². The van der Waals surface area contributed by atoms with Crippen LogP contribution >= 0.6 is 23.2 Å². The Hall–Kier alpha value is -1.23. The van der Waals surface area contributed by atoms with Gasteiger partial charge in [-0.1, -0.05) is 42.8 Å². The molecule has 1 heterocycles. The fourth-order valence-electron chi connectivity index (χ4n) is 2.26. The van der Waals surface area contributed by atoms with Gasteiger partial charge in [0.2, 0.25) is 0 Å². The molecule has 1 aliphatic rings. The Labute approximate surface area is 135 Å². The first-order valence-corrected chi connectivity index (χ1v) is 7.66. The maximum Gasteiger partial charge on any atom is 0.124 e. The van der Waals surface area contributed by atoms with Crippen molar-refractivity contribution < 1.29 is 4.74 Å². The van der Waals surface area contributed by atoms with Crippen LogP contribution in [0, 0.1) is 0 Å². The molecule has 4 nitrogen and oxygen atoms in total. The van der Waals surface area contributed by atoms with Crippen LogP contribution in [0.15, 0.2) is 29.8 Å². The number of ether oxygens (including phenoxy) is 1. The molecule has 0 fully saturated rings. The number of rotatable bonds is 6. The van der Waals surface area contributed by atoms with Gasteiger partial charge in [0, 0.05) is 31.0 Å². The molecule has 0 amide bonds. The number of nitrogens with one attached hydrogen (secondary N) is 2. The van der Waals surface area contributed by atoms with Crippen LogP contribution < -0.4 is 15.6 Å². The van der Waals surface area contributed by atoms with Crippen molar-refractivity contribution in [2.45, 2.75) is 19.3 Å². The van der Waals surface area contributed by atoms with Crippen LogP contribution in [0.5, 0.6) is 5.75 Å². The zero-order valence-electron chi connectivity index (χ0n) is 12.0. The standard InChI is InChI=1S/C15H19Cl2N3O/c1-3-7-21-12-6-5-11(16)15(17)14(12)10-8-13(18-9-10)20-19-4-2/h3,5-6,10,19H,1,4,7-9H2,2H3,(H,18,20). The Morgan fingerprint density at radius 2 is 2.29 bits per heavy atom. The minimum Gasteiger partial charge on any atom is -0.489 e. The summed E-state index contributed by atoms with van der Waals surface area (Å²) in [7, 11) is 0. The molecule has 0 bridgehead atoms. The van der Waals surface area contributed by atoms with Crippen molar-refractivity contribution in [1.29, 1.82) is 0 Å². The molecule has 114 valence electrons. The quantitative estimate of drug-likeness (QED) is 0.620. The first kappa shape index (κ1) is 16.1. The lowest BCUT2D eigenvalue weighted by Crippen LogP contribution is -2.36. The molecule has 0 aromatic heterocycles. The zero-order valence-corrected chi connectivity index (χ0v) is 13.5. The lowest BCUT2D eigenvalue weighted by molar-refractivity contribution is 0.357. The summed E-state index contributed by atoms with van der Waals surface area (Å²) < 4.78 is 5.70. The normalized spacial score (nSPS) is 17.5. The molecular formula is C15H19Cl2N3O. The van der Waals surface area contributed by atoms with Crippen molar-refractivity contribution >= 4 is 29.0 Å². The fourth-order valence-corrected chi connectivity index (χ4v) is 2.74. The Kier molecular flexibility index (Phi) is 5.91. The number of aliphatic imine (C=N–C) groups is 1. The molecule has 1 atom stereocenters. The predicted octanol–water partition coefficient (Wildman–Crippen LogP) is 3.56. The second kappa shape index (κ2) is 7.69. The molecule has 1 aromatic rings. The van der Waals surface area contributed by atoms with E-state index in [4.69, 9.17) is 27.9 Å². The van der Waals surface area contributed by atoms with Crippen molar-refractivity contribution in [3.8, 4) is 5.75 Å². The Bertz CT molecular complexity index is 546. The molecule has 0 saturated carbocycles. The fraction of sp³-hybridized carbons (Fsp3) is 0.400. The van der Waals surface area contributed by atoms with Gasteiger partial charge in [0.25, 0.3) is 0 Å². The highest BCUT2D eigenvalue weighted by atomic mass is 35.5. The van der Waals surface area contributed by atoms with Crippen LogP contribution in [0.4, 0.5) is 0 Å². The van der Waals surface area contributed by atoms with E-state index in [1.165, 1.54) is 0 Å². The zero-order chi connectivity index (χ0) is 15.2. The average Bonchev–Trinajstić information content (AvgIpc) is 2.94. The largest absolute Gasteiger partial charge is 0.489 e. The van der Waals surface area contributed by atoms with E-state index >= 15 is 0 Å². The smallest absolute Gasteiger partial charge is 0.124 e. The summed E-state index contributed by atoms with van der Waals surface area (Å²) in [4.78, 5) is 4.49. The molecular weight excluding hydrogens is 309 g/mol. The molecule has 0 radical (unpaired) electrons. The summed E-state index contributed by atoms with van der Waals surface area (Å²) in [6, 6.07) is 3.60. The van der Waals surface area contributed by atoms with Gasteiger partial charge in [-0.25, -0.2) is 5.43 Å². The lowest BCUT2D eigenvalue weighted by atomic mass is 9.96. The first-order chi connectivity index (χ1) is 10.2. The summed E-state index contributed by atoms with van der Waals surface area (Å²) in [5.41, 5.74) is 7.07. The summed E-state index contributed by atoms with van der Waals surface area (Å²) in [6.07, 6.45) is 2.48. The number of halogens is 2. The maximum atomic E-state index is 6.38. The van der Waals surface area contributed by atoms with Crippen LogP contribution in [0.2, 0.25) is 10.0 Å².